The Labute approximate surface area is 169 Å². The van der Waals surface area contributed by atoms with Gasteiger partial charge in [-0.05, 0) is 24.3 Å². The Kier molecular flexibility index (Phi) is 3.87. The standard InChI is InChI=1S/C20H13BrN4O3/c1-12-19(11-24)17(25)28-20(12,13-4-6-14(21)7-5-13)27-16(15-3-2-8-26-15)18(19,9-22)10-23/h2-8,12,16,25H,1H3. The molecule has 2 fully saturated rings. The second-order valence-corrected chi connectivity index (χ2v) is 7.71. The van der Waals surface area contributed by atoms with Gasteiger partial charge in [0.25, 0.3) is 0 Å². The lowest BCUT2D eigenvalue weighted by Crippen LogP contribution is -2.57. The van der Waals surface area contributed by atoms with E-state index in [1.807, 2.05) is 12.1 Å². The molecule has 2 saturated heterocycles. The first-order chi connectivity index (χ1) is 13.4. The van der Waals surface area contributed by atoms with Gasteiger partial charge in [-0.25, -0.2) is 0 Å². The van der Waals surface area contributed by atoms with Gasteiger partial charge >= 0.3 is 0 Å². The van der Waals surface area contributed by atoms with E-state index < -0.39 is 34.5 Å². The van der Waals surface area contributed by atoms with Gasteiger partial charge in [0.1, 0.15) is 5.76 Å². The number of furan rings is 1. The molecule has 3 heterocycles. The van der Waals surface area contributed by atoms with Crippen LogP contribution in [0.2, 0.25) is 0 Å². The molecule has 2 aliphatic rings. The van der Waals surface area contributed by atoms with Gasteiger partial charge in [-0.3, -0.25) is 5.41 Å². The van der Waals surface area contributed by atoms with Crippen LogP contribution in [-0.2, 0) is 15.3 Å². The van der Waals surface area contributed by atoms with Gasteiger partial charge in [0.2, 0.25) is 17.1 Å². The van der Waals surface area contributed by atoms with E-state index in [0.29, 0.717) is 5.56 Å². The minimum Gasteiger partial charge on any atom is -0.466 e. The Morgan fingerprint density at radius 2 is 1.75 bits per heavy atom. The molecule has 0 spiro atoms. The number of rotatable bonds is 2. The van der Waals surface area contributed by atoms with Crippen LogP contribution < -0.4 is 0 Å². The zero-order chi connectivity index (χ0) is 20.2. The Bertz CT molecular complexity index is 1060. The average Bonchev–Trinajstić information content (AvgIpc) is 3.28. The number of nitriles is 3. The molecule has 0 aliphatic carbocycles. The highest BCUT2D eigenvalue weighted by molar-refractivity contribution is 9.10. The van der Waals surface area contributed by atoms with Gasteiger partial charge in [0.15, 0.2) is 11.5 Å². The lowest BCUT2D eigenvalue weighted by Gasteiger charge is -2.47. The third kappa shape index (κ3) is 1.90. The van der Waals surface area contributed by atoms with Crippen LogP contribution in [0.5, 0.6) is 0 Å². The summed E-state index contributed by atoms with van der Waals surface area (Å²) in [6, 6.07) is 16.3. The average molecular weight is 437 g/mol. The van der Waals surface area contributed by atoms with Gasteiger partial charge in [0, 0.05) is 10.0 Å². The quantitative estimate of drug-likeness (QED) is 0.752. The van der Waals surface area contributed by atoms with Crippen molar-refractivity contribution in [2.24, 2.45) is 16.7 Å². The molecule has 2 aromatic rings. The van der Waals surface area contributed by atoms with Crippen LogP contribution in [0.15, 0.2) is 51.6 Å². The minimum atomic E-state index is -2.02. The van der Waals surface area contributed by atoms with Crippen molar-refractivity contribution in [2.45, 2.75) is 18.8 Å². The van der Waals surface area contributed by atoms with Crippen LogP contribution in [0, 0.1) is 56.2 Å². The van der Waals surface area contributed by atoms with Crippen LogP contribution in [0.3, 0.4) is 0 Å². The molecule has 7 nitrogen and oxygen atoms in total. The van der Waals surface area contributed by atoms with Crippen molar-refractivity contribution >= 4 is 21.8 Å². The van der Waals surface area contributed by atoms with Gasteiger partial charge in [0.05, 0.1) is 30.4 Å². The number of nitrogens with one attached hydrogen (secondary N) is 1. The highest BCUT2D eigenvalue weighted by atomic mass is 79.9. The predicted molar refractivity (Wildman–Crippen MR) is 98.0 cm³/mol. The maximum Gasteiger partial charge on any atom is 0.244 e. The number of halogens is 1. The molecular weight excluding hydrogens is 424 g/mol. The topological polar surface area (TPSA) is 127 Å². The van der Waals surface area contributed by atoms with Gasteiger partial charge < -0.3 is 13.9 Å². The second kappa shape index (κ2) is 5.94. The van der Waals surface area contributed by atoms with E-state index >= 15 is 0 Å². The molecule has 4 atom stereocenters. The largest absolute Gasteiger partial charge is 0.466 e. The number of hydrogen-bond acceptors (Lipinski definition) is 7. The molecule has 1 aromatic heterocycles. The molecule has 1 N–H and O–H groups in total. The van der Waals surface area contributed by atoms with Crippen LogP contribution >= 0.6 is 15.9 Å². The molecule has 2 bridgehead atoms. The van der Waals surface area contributed by atoms with Crippen molar-refractivity contribution in [1.29, 1.82) is 21.2 Å². The van der Waals surface area contributed by atoms with Crippen LogP contribution in [-0.4, -0.2) is 5.90 Å². The number of ether oxygens (including phenoxy) is 2. The molecule has 1 aromatic carbocycles. The number of fused-ring (bicyclic) bond motifs is 2. The number of benzene rings is 1. The maximum absolute atomic E-state index is 10.2. The van der Waals surface area contributed by atoms with E-state index in [2.05, 4.69) is 22.0 Å². The van der Waals surface area contributed by atoms with Crippen molar-refractivity contribution in [3.63, 3.8) is 0 Å². The summed E-state index contributed by atoms with van der Waals surface area (Å²) >= 11 is 3.38. The van der Waals surface area contributed by atoms with E-state index in [-0.39, 0.29) is 5.76 Å². The lowest BCUT2D eigenvalue weighted by molar-refractivity contribution is -0.292. The Hall–Kier alpha value is -3.12. The summed E-state index contributed by atoms with van der Waals surface area (Å²) in [6.07, 6.45) is 0.176. The summed E-state index contributed by atoms with van der Waals surface area (Å²) in [4.78, 5) is 0. The fourth-order valence-corrected chi connectivity index (χ4v) is 4.51. The number of nitrogens with zero attached hydrogens (tertiary/aromatic N) is 3. The van der Waals surface area contributed by atoms with E-state index in [1.165, 1.54) is 6.26 Å². The van der Waals surface area contributed by atoms with Crippen LogP contribution in [0.1, 0.15) is 24.4 Å². The lowest BCUT2D eigenvalue weighted by atomic mass is 9.54. The van der Waals surface area contributed by atoms with E-state index in [0.717, 1.165) is 4.47 Å². The highest BCUT2D eigenvalue weighted by Crippen LogP contribution is 2.68. The fourth-order valence-electron chi connectivity index (χ4n) is 4.24. The summed E-state index contributed by atoms with van der Waals surface area (Å²) in [5, 5.41) is 38.7. The van der Waals surface area contributed by atoms with Gasteiger partial charge in [-0.15, -0.1) is 0 Å². The predicted octanol–water partition coefficient (Wildman–Crippen LogP) is 4.15. The zero-order valence-corrected chi connectivity index (χ0v) is 16.2. The maximum atomic E-state index is 10.2. The monoisotopic (exact) mass is 436 g/mol. The highest BCUT2D eigenvalue weighted by Gasteiger charge is 2.80. The molecule has 4 unspecified atom stereocenters. The van der Waals surface area contributed by atoms with Crippen molar-refractivity contribution in [3.05, 3.63) is 58.5 Å². The van der Waals surface area contributed by atoms with Crippen molar-refractivity contribution < 1.29 is 13.9 Å². The summed E-state index contributed by atoms with van der Waals surface area (Å²) in [7, 11) is 0. The molecule has 2 aliphatic heterocycles. The first-order valence-electron chi connectivity index (χ1n) is 8.41. The molecule has 0 saturated carbocycles. The Balaban J connectivity index is 2.04. The van der Waals surface area contributed by atoms with Crippen molar-refractivity contribution in [2.75, 3.05) is 0 Å². The summed E-state index contributed by atoms with van der Waals surface area (Å²) in [6.45, 7) is 1.66. The van der Waals surface area contributed by atoms with E-state index in [9.17, 15) is 15.8 Å². The van der Waals surface area contributed by atoms with E-state index in [4.69, 9.17) is 19.3 Å². The van der Waals surface area contributed by atoms with Gasteiger partial charge in [-0.1, -0.05) is 35.0 Å². The van der Waals surface area contributed by atoms with Crippen molar-refractivity contribution in [1.82, 2.24) is 0 Å². The third-order valence-corrected chi connectivity index (χ3v) is 6.25. The zero-order valence-electron chi connectivity index (χ0n) is 14.6. The Morgan fingerprint density at radius 1 is 1.07 bits per heavy atom. The molecular formula is C20H13BrN4O3. The van der Waals surface area contributed by atoms with E-state index in [1.54, 1.807) is 43.3 Å². The van der Waals surface area contributed by atoms with Crippen LogP contribution in [0.25, 0.3) is 0 Å². The minimum absolute atomic E-state index is 0.217. The normalized spacial score (nSPS) is 32.6. The fraction of sp³-hybridized carbons (Fsp3) is 0.300. The van der Waals surface area contributed by atoms with Gasteiger partial charge in [-0.2, -0.15) is 15.8 Å². The molecule has 0 amide bonds. The summed E-state index contributed by atoms with van der Waals surface area (Å²) < 4.78 is 18.4. The SMILES string of the molecule is CC1C2(c3ccc(Br)cc3)OC(=N)C1(C#N)C(C#N)(C#N)C(c1ccco1)O2. The number of hydrogen-bond donors (Lipinski definition) is 1. The van der Waals surface area contributed by atoms with Crippen molar-refractivity contribution in [3.8, 4) is 18.2 Å². The summed E-state index contributed by atoms with van der Waals surface area (Å²) in [5.41, 5.74) is -3.28. The Morgan fingerprint density at radius 3 is 2.29 bits per heavy atom. The smallest absolute Gasteiger partial charge is 0.244 e. The van der Waals surface area contributed by atoms with Crippen LogP contribution in [0.4, 0.5) is 0 Å². The first kappa shape index (κ1) is 18.3. The first-order valence-corrected chi connectivity index (χ1v) is 9.20. The molecule has 28 heavy (non-hydrogen) atoms. The molecule has 138 valence electrons. The summed E-state index contributed by atoms with van der Waals surface area (Å²) in [5.74, 6) is -2.55. The molecule has 4 rings (SSSR count). The second-order valence-electron chi connectivity index (χ2n) is 6.79. The third-order valence-electron chi connectivity index (χ3n) is 5.72. The molecule has 0 radical (unpaired) electrons. The molecule has 8 heteroatoms.